The highest BCUT2D eigenvalue weighted by molar-refractivity contribution is 5.85. The first kappa shape index (κ1) is 13.6. The van der Waals surface area contributed by atoms with E-state index in [1.54, 1.807) is 0 Å². The normalized spacial score (nSPS) is 11.3. The van der Waals surface area contributed by atoms with Crippen molar-refractivity contribution in [3.05, 3.63) is 60.0 Å². The molecule has 0 atom stereocenters. The second-order valence-corrected chi connectivity index (χ2v) is 5.27. The highest BCUT2D eigenvalue weighted by Gasteiger charge is 2.10. The molecule has 2 aromatic carbocycles. The third-order valence-electron chi connectivity index (χ3n) is 3.52. The minimum absolute atomic E-state index is 0.662. The molecule has 0 unspecified atom stereocenters. The number of benzene rings is 2. The molecule has 0 spiro atoms. The van der Waals surface area contributed by atoms with Gasteiger partial charge < -0.3 is 10.2 Å². The van der Waals surface area contributed by atoms with Crippen molar-refractivity contribution in [1.29, 1.82) is 0 Å². The summed E-state index contributed by atoms with van der Waals surface area (Å²) in [7, 11) is 2.07. The summed E-state index contributed by atoms with van der Waals surface area (Å²) in [5, 5.41) is 0. The predicted octanol–water partition coefficient (Wildman–Crippen LogP) is 3.08. The Hall–Kier alpha value is -2.33. The first-order chi connectivity index (χ1) is 10.2. The summed E-state index contributed by atoms with van der Waals surface area (Å²) in [6.07, 6.45) is 1.01. The van der Waals surface area contributed by atoms with Crippen LogP contribution in [0.1, 0.15) is 11.5 Å². The Morgan fingerprint density at radius 3 is 2.67 bits per heavy atom. The van der Waals surface area contributed by atoms with Crippen molar-refractivity contribution >= 4 is 16.8 Å². The van der Waals surface area contributed by atoms with Crippen LogP contribution in [0.25, 0.3) is 11.1 Å². The maximum Gasteiger partial charge on any atom is 0.209 e. The number of oxazole rings is 1. The molecule has 0 bridgehead atoms. The molecule has 0 saturated heterocycles. The van der Waals surface area contributed by atoms with Gasteiger partial charge in [0.1, 0.15) is 5.52 Å². The monoisotopic (exact) mass is 281 g/mol. The summed E-state index contributed by atoms with van der Waals surface area (Å²) >= 11 is 0. The number of hydrogen-bond donors (Lipinski definition) is 1. The molecule has 0 aliphatic heterocycles. The Labute approximate surface area is 124 Å². The van der Waals surface area contributed by atoms with Crippen LogP contribution < -0.4 is 5.73 Å². The number of likely N-dealkylation sites (N-methyl/N-ethyl adjacent to an activating group) is 1. The zero-order valence-electron chi connectivity index (χ0n) is 12.1. The van der Waals surface area contributed by atoms with Crippen molar-refractivity contribution < 1.29 is 4.42 Å². The molecule has 0 fully saturated rings. The van der Waals surface area contributed by atoms with E-state index < -0.39 is 0 Å². The molecule has 108 valence electrons. The number of nitrogen functional groups attached to an aromatic ring is 1. The molecule has 0 aliphatic rings. The molecule has 1 aromatic heterocycles. The van der Waals surface area contributed by atoms with Gasteiger partial charge in [-0.05, 0) is 31.2 Å². The van der Waals surface area contributed by atoms with E-state index in [2.05, 4.69) is 41.2 Å². The molecule has 0 saturated carbocycles. The summed E-state index contributed by atoms with van der Waals surface area (Å²) in [5.74, 6) is 0.707. The van der Waals surface area contributed by atoms with Crippen LogP contribution in [0.2, 0.25) is 0 Å². The van der Waals surface area contributed by atoms with Gasteiger partial charge in [-0.15, -0.1) is 0 Å². The smallest absolute Gasteiger partial charge is 0.209 e. The second kappa shape index (κ2) is 5.97. The molecule has 2 N–H and O–H groups in total. The molecular formula is C17H19N3O. The standard InChI is InChI=1S/C17H19N3O/c1-20(11-10-13-6-3-2-4-7-13)12-16-19-17-14(18)8-5-9-15(17)21-16/h2-9H,10-12,18H2,1H3. The molecule has 21 heavy (non-hydrogen) atoms. The van der Waals surface area contributed by atoms with E-state index in [4.69, 9.17) is 10.2 Å². The van der Waals surface area contributed by atoms with Gasteiger partial charge in [-0.3, -0.25) is 4.90 Å². The number of nitrogens with two attached hydrogens (primary N) is 1. The van der Waals surface area contributed by atoms with Gasteiger partial charge in [0.2, 0.25) is 5.89 Å². The maximum absolute atomic E-state index is 5.90. The van der Waals surface area contributed by atoms with Crippen LogP contribution in [0, 0.1) is 0 Å². The molecule has 4 nitrogen and oxygen atoms in total. The fourth-order valence-electron chi connectivity index (χ4n) is 2.36. The number of para-hydroxylation sites is 1. The van der Waals surface area contributed by atoms with Gasteiger partial charge in [0.15, 0.2) is 5.58 Å². The second-order valence-electron chi connectivity index (χ2n) is 5.27. The zero-order chi connectivity index (χ0) is 14.7. The van der Waals surface area contributed by atoms with Gasteiger partial charge in [-0.1, -0.05) is 36.4 Å². The molecular weight excluding hydrogens is 262 g/mol. The van der Waals surface area contributed by atoms with Crippen LogP contribution in [0.15, 0.2) is 52.9 Å². The molecule has 0 aliphatic carbocycles. The van der Waals surface area contributed by atoms with E-state index >= 15 is 0 Å². The van der Waals surface area contributed by atoms with Gasteiger partial charge in [0.05, 0.1) is 12.2 Å². The minimum Gasteiger partial charge on any atom is -0.439 e. The summed E-state index contributed by atoms with van der Waals surface area (Å²) in [5.41, 5.74) is 9.40. The number of nitrogens with zero attached hydrogens (tertiary/aromatic N) is 2. The lowest BCUT2D eigenvalue weighted by Crippen LogP contribution is -2.20. The summed E-state index contributed by atoms with van der Waals surface area (Å²) in [6, 6.07) is 16.1. The summed E-state index contributed by atoms with van der Waals surface area (Å²) in [4.78, 5) is 6.68. The van der Waals surface area contributed by atoms with E-state index in [-0.39, 0.29) is 0 Å². The third kappa shape index (κ3) is 3.23. The van der Waals surface area contributed by atoms with Gasteiger partial charge in [0, 0.05) is 6.54 Å². The summed E-state index contributed by atoms with van der Waals surface area (Å²) in [6.45, 7) is 1.64. The summed E-state index contributed by atoms with van der Waals surface area (Å²) < 4.78 is 5.74. The van der Waals surface area contributed by atoms with Gasteiger partial charge in [-0.2, -0.15) is 0 Å². The van der Waals surface area contributed by atoms with Crippen LogP contribution in [0.5, 0.6) is 0 Å². The van der Waals surface area contributed by atoms with Gasteiger partial charge >= 0.3 is 0 Å². The lowest BCUT2D eigenvalue weighted by Gasteiger charge is -2.14. The number of fused-ring (bicyclic) bond motifs is 1. The first-order valence-corrected chi connectivity index (χ1v) is 7.09. The lowest BCUT2D eigenvalue weighted by atomic mass is 10.1. The quantitative estimate of drug-likeness (QED) is 0.730. The topological polar surface area (TPSA) is 55.3 Å². The SMILES string of the molecule is CN(CCc1ccccc1)Cc1nc2c(N)cccc2o1. The average Bonchev–Trinajstić information content (AvgIpc) is 2.90. The number of rotatable bonds is 5. The van der Waals surface area contributed by atoms with Gasteiger partial charge in [-0.25, -0.2) is 4.98 Å². The maximum atomic E-state index is 5.90. The molecule has 1 heterocycles. The van der Waals surface area contributed by atoms with E-state index in [0.29, 0.717) is 18.1 Å². The van der Waals surface area contributed by atoms with Crippen LogP contribution in [0.4, 0.5) is 5.69 Å². The van der Waals surface area contributed by atoms with Crippen molar-refractivity contribution in [3.63, 3.8) is 0 Å². The number of hydrogen-bond acceptors (Lipinski definition) is 4. The Morgan fingerprint density at radius 2 is 1.90 bits per heavy atom. The molecule has 0 amide bonds. The fraction of sp³-hybridized carbons (Fsp3) is 0.235. The molecule has 3 aromatic rings. The van der Waals surface area contributed by atoms with Crippen molar-refractivity contribution in [2.24, 2.45) is 0 Å². The van der Waals surface area contributed by atoms with E-state index in [1.807, 2.05) is 24.3 Å². The largest absolute Gasteiger partial charge is 0.439 e. The van der Waals surface area contributed by atoms with E-state index in [9.17, 15) is 0 Å². The Morgan fingerprint density at radius 1 is 1.10 bits per heavy atom. The highest BCUT2D eigenvalue weighted by atomic mass is 16.3. The van der Waals surface area contributed by atoms with Crippen LogP contribution >= 0.6 is 0 Å². The van der Waals surface area contributed by atoms with Crippen molar-refractivity contribution in [3.8, 4) is 0 Å². The van der Waals surface area contributed by atoms with Gasteiger partial charge in [0.25, 0.3) is 0 Å². The average molecular weight is 281 g/mol. The van der Waals surface area contributed by atoms with E-state index in [1.165, 1.54) is 5.56 Å². The number of aromatic nitrogens is 1. The third-order valence-corrected chi connectivity index (χ3v) is 3.52. The van der Waals surface area contributed by atoms with Crippen molar-refractivity contribution in [2.75, 3.05) is 19.3 Å². The van der Waals surface area contributed by atoms with Crippen molar-refractivity contribution in [2.45, 2.75) is 13.0 Å². The minimum atomic E-state index is 0.662. The molecule has 4 heteroatoms. The van der Waals surface area contributed by atoms with Crippen LogP contribution in [-0.2, 0) is 13.0 Å². The van der Waals surface area contributed by atoms with Crippen molar-refractivity contribution in [1.82, 2.24) is 9.88 Å². The van der Waals surface area contributed by atoms with Crippen LogP contribution in [-0.4, -0.2) is 23.5 Å². The Balaban J connectivity index is 1.63. The lowest BCUT2D eigenvalue weighted by molar-refractivity contribution is 0.296. The van der Waals surface area contributed by atoms with Crippen LogP contribution in [0.3, 0.4) is 0 Å². The fourth-order valence-corrected chi connectivity index (χ4v) is 2.36. The zero-order valence-corrected chi connectivity index (χ0v) is 12.1. The molecule has 3 rings (SSSR count). The Kier molecular flexibility index (Phi) is 3.88. The Bertz CT molecular complexity index is 721. The molecule has 0 radical (unpaired) electrons. The van der Waals surface area contributed by atoms with E-state index in [0.717, 1.165) is 24.1 Å². The predicted molar refractivity (Wildman–Crippen MR) is 84.9 cm³/mol. The number of anilines is 1. The highest BCUT2D eigenvalue weighted by Crippen LogP contribution is 2.21. The first-order valence-electron chi connectivity index (χ1n) is 7.09.